The molecule has 0 bridgehead atoms. The van der Waals surface area contributed by atoms with Gasteiger partial charge in [0.15, 0.2) is 11.5 Å². The fourth-order valence-electron chi connectivity index (χ4n) is 2.49. The lowest BCUT2D eigenvalue weighted by Crippen LogP contribution is -1.97. The van der Waals surface area contributed by atoms with Gasteiger partial charge in [-0.05, 0) is 6.42 Å². The number of benzene rings is 1. The zero-order valence-corrected chi connectivity index (χ0v) is 11.5. The first-order valence-electron chi connectivity index (χ1n) is 7.07. The Balaban J connectivity index is 1.99. The van der Waals surface area contributed by atoms with Crippen molar-refractivity contribution in [3.8, 4) is 11.5 Å². The third-order valence-corrected chi connectivity index (χ3v) is 3.56. The smallest absolute Gasteiger partial charge is 0.163 e. The quantitative estimate of drug-likeness (QED) is 0.916. The topological polar surface area (TPSA) is 47.1 Å². The fourth-order valence-corrected chi connectivity index (χ4v) is 2.49. The van der Waals surface area contributed by atoms with Crippen LogP contribution in [0.4, 0.5) is 0 Å². The highest BCUT2D eigenvalue weighted by Gasteiger charge is 2.15. The zero-order valence-electron chi connectivity index (χ0n) is 11.5. The van der Waals surface area contributed by atoms with Gasteiger partial charge in [-0.3, -0.25) is 0 Å². The molecule has 102 valence electrons. The van der Waals surface area contributed by atoms with E-state index in [-0.39, 0.29) is 0 Å². The summed E-state index contributed by atoms with van der Waals surface area (Å²) in [6.07, 6.45) is 3.24. The molecular formula is C15H20N2O2. The van der Waals surface area contributed by atoms with Gasteiger partial charge in [-0.15, -0.1) is 0 Å². The molecule has 0 fully saturated rings. The van der Waals surface area contributed by atoms with E-state index in [0.717, 1.165) is 41.2 Å². The van der Waals surface area contributed by atoms with Crippen LogP contribution in [0.3, 0.4) is 0 Å². The Morgan fingerprint density at radius 3 is 2.74 bits per heavy atom. The molecule has 4 heteroatoms. The van der Waals surface area contributed by atoms with E-state index >= 15 is 0 Å². The SMILES string of the molecule is CCCC(C)c1nc2cc3c(cc2[nH]1)OCCCO3. The Morgan fingerprint density at radius 1 is 1.26 bits per heavy atom. The van der Waals surface area contributed by atoms with E-state index in [0.29, 0.717) is 19.1 Å². The molecule has 0 saturated carbocycles. The Bertz CT molecular complexity index is 534. The number of fused-ring (bicyclic) bond motifs is 2. The molecule has 2 aromatic rings. The zero-order chi connectivity index (χ0) is 13.2. The Labute approximate surface area is 113 Å². The summed E-state index contributed by atoms with van der Waals surface area (Å²) in [6, 6.07) is 3.99. The molecule has 1 aromatic carbocycles. The summed E-state index contributed by atoms with van der Waals surface area (Å²) in [6.45, 7) is 5.83. The number of ether oxygens (including phenoxy) is 2. The summed E-state index contributed by atoms with van der Waals surface area (Å²) in [5.74, 6) is 3.14. The third kappa shape index (κ3) is 2.39. The van der Waals surface area contributed by atoms with Crippen molar-refractivity contribution >= 4 is 11.0 Å². The number of nitrogens with zero attached hydrogens (tertiary/aromatic N) is 1. The lowest BCUT2D eigenvalue weighted by atomic mass is 10.1. The van der Waals surface area contributed by atoms with Crippen molar-refractivity contribution in [3.63, 3.8) is 0 Å². The van der Waals surface area contributed by atoms with E-state index in [4.69, 9.17) is 9.47 Å². The van der Waals surface area contributed by atoms with Gasteiger partial charge in [0.1, 0.15) is 5.82 Å². The second-order valence-corrected chi connectivity index (χ2v) is 5.18. The van der Waals surface area contributed by atoms with Crippen molar-refractivity contribution in [1.29, 1.82) is 0 Å². The van der Waals surface area contributed by atoms with Crippen LogP contribution in [-0.4, -0.2) is 23.2 Å². The maximum atomic E-state index is 5.70. The molecule has 2 heterocycles. The van der Waals surface area contributed by atoms with Gasteiger partial charge < -0.3 is 14.5 Å². The van der Waals surface area contributed by atoms with E-state index in [1.165, 1.54) is 6.42 Å². The molecule has 4 nitrogen and oxygen atoms in total. The summed E-state index contributed by atoms with van der Waals surface area (Å²) < 4.78 is 11.4. The van der Waals surface area contributed by atoms with Crippen LogP contribution in [-0.2, 0) is 0 Å². The van der Waals surface area contributed by atoms with Crippen LogP contribution < -0.4 is 9.47 Å². The second kappa shape index (κ2) is 5.11. The fraction of sp³-hybridized carbons (Fsp3) is 0.533. The summed E-state index contributed by atoms with van der Waals surface area (Å²) in [7, 11) is 0. The highest BCUT2D eigenvalue weighted by atomic mass is 16.5. The molecule has 0 radical (unpaired) electrons. The highest BCUT2D eigenvalue weighted by molar-refractivity contribution is 5.80. The average Bonchev–Trinajstić information content (AvgIpc) is 2.67. The molecule has 1 atom stereocenters. The summed E-state index contributed by atoms with van der Waals surface area (Å²) in [5, 5.41) is 0. The van der Waals surface area contributed by atoms with Crippen molar-refractivity contribution in [2.45, 2.75) is 39.0 Å². The van der Waals surface area contributed by atoms with E-state index in [1.807, 2.05) is 12.1 Å². The van der Waals surface area contributed by atoms with Gasteiger partial charge in [0, 0.05) is 24.5 Å². The number of nitrogens with one attached hydrogen (secondary N) is 1. The van der Waals surface area contributed by atoms with Crippen molar-refractivity contribution in [2.75, 3.05) is 13.2 Å². The number of H-pyrrole nitrogens is 1. The van der Waals surface area contributed by atoms with Crippen LogP contribution in [0.25, 0.3) is 11.0 Å². The summed E-state index contributed by atoms with van der Waals surface area (Å²) in [5.41, 5.74) is 1.99. The Kier molecular flexibility index (Phi) is 3.32. The summed E-state index contributed by atoms with van der Waals surface area (Å²) in [4.78, 5) is 8.08. The van der Waals surface area contributed by atoms with E-state index in [2.05, 4.69) is 23.8 Å². The van der Waals surface area contributed by atoms with Crippen LogP contribution in [0, 0.1) is 0 Å². The van der Waals surface area contributed by atoms with E-state index < -0.39 is 0 Å². The molecule has 0 spiro atoms. The first kappa shape index (κ1) is 12.3. The largest absolute Gasteiger partial charge is 0.489 e. The molecule has 0 aliphatic carbocycles. The number of rotatable bonds is 3. The van der Waals surface area contributed by atoms with Gasteiger partial charge >= 0.3 is 0 Å². The molecule has 3 rings (SSSR count). The molecule has 1 N–H and O–H groups in total. The van der Waals surface area contributed by atoms with Gasteiger partial charge in [0.05, 0.1) is 24.2 Å². The Morgan fingerprint density at radius 2 is 2.00 bits per heavy atom. The molecule has 0 saturated heterocycles. The first-order chi connectivity index (χ1) is 9.28. The molecule has 1 aliphatic rings. The minimum Gasteiger partial charge on any atom is -0.489 e. The number of aromatic nitrogens is 2. The van der Waals surface area contributed by atoms with E-state index in [9.17, 15) is 0 Å². The van der Waals surface area contributed by atoms with Crippen molar-refractivity contribution in [3.05, 3.63) is 18.0 Å². The molecule has 0 amide bonds. The third-order valence-electron chi connectivity index (χ3n) is 3.56. The minimum atomic E-state index is 0.457. The van der Waals surface area contributed by atoms with Gasteiger partial charge in [-0.1, -0.05) is 20.3 Å². The van der Waals surface area contributed by atoms with Crippen LogP contribution in [0.1, 0.15) is 44.9 Å². The molecule has 1 unspecified atom stereocenters. The lowest BCUT2D eigenvalue weighted by Gasteiger charge is -2.05. The number of hydrogen-bond donors (Lipinski definition) is 1. The molecular weight excluding hydrogens is 240 g/mol. The highest BCUT2D eigenvalue weighted by Crippen LogP contribution is 2.34. The normalized spacial score (nSPS) is 16.3. The maximum absolute atomic E-state index is 5.70. The molecule has 1 aromatic heterocycles. The van der Waals surface area contributed by atoms with Gasteiger partial charge in [-0.25, -0.2) is 4.98 Å². The number of aromatic amines is 1. The van der Waals surface area contributed by atoms with Crippen LogP contribution in [0.5, 0.6) is 11.5 Å². The molecule has 1 aliphatic heterocycles. The predicted molar refractivity (Wildman–Crippen MR) is 75.0 cm³/mol. The van der Waals surface area contributed by atoms with E-state index in [1.54, 1.807) is 0 Å². The second-order valence-electron chi connectivity index (χ2n) is 5.18. The van der Waals surface area contributed by atoms with Crippen LogP contribution in [0.2, 0.25) is 0 Å². The Hall–Kier alpha value is -1.71. The molecule has 19 heavy (non-hydrogen) atoms. The van der Waals surface area contributed by atoms with Crippen molar-refractivity contribution in [1.82, 2.24) is 9.97 Å². The number of hydrogen-bond acceptors (Lipinski definition) is 3. The summed E-state index contributed by atoms with van der Waals surface area (Å²) >= 11 is 0. The van der Waals surface area contributed by atoms with Crippen molar-refractivity contribution in [2.24, 2.45) is 0 Å². The minimum absolute atomic E-state index is 0.457. The van der Waals surface area contributed by atoms with Gasteiger partial charge in [0.2, 0.25) is 0 Å². The lowest BCUT2D eigenvalue weighted by molar-refractivity contribution is 0.297. The maximum Gasteiger partial charge on any atom is 0.163 e. The van der Waals surface area contributed by atoms with Crippen LogP contribution in [0.15, 0.2) is 12.1 Å². The standard InChI is InChI=1S/C15H20N2O2/c1-3-5-10(2)15-16-11-8-13-14(9-12(11)17-15)19-7-4-6-18-13/h8-10H,3-7H2,1-2H3,(H,16,17). The average molecular weight is 260 g/mol. The van der Waals surface area contributed by atoms with Crippen molar-refractivity contribution < 1.29 is 9.47 Å². The predicted octanol–water partition coefficient (Wildman–Crippen LogP) is 3.63. The monoisotopic (exact) mass is 260 g/mol. The van der Waals surface area contributed by atoms with Gasteiger partial charge in [-0.2, -0.15) is 0 Å². The van der Waals surface area contributed by atoms with Gasteiger partial charge in [0.25, 0.3) is 0 Å². The number of imidazole rings is 1. The first-order valence-corrected chi connectivity index (χ1v) is 7.07. The van der Waals surface area contributed by atoms with Crippen LogP contribution >= 0.6 is 0 Å².